The molecule has 1 unspecified atom stereocenters. The van der Waals surface area contributed by atoms with Gasteiger partial charge in [0.05, 0.1) is 12.0 Å². The molecule has 0 aliphatic rings. The van der Waals surface area contributed by atoms with Crippen LogP contribution in [0.15, 0.2) is 0 Å². The number of nitrogens with two attached hydrogens (primary N) is 1. The normalized spacial score (nSPS) is 14.3. The fraction of sp³-hybridized carbons (Fsp3) is 0.727. The maximum Gasteiger partial charge on any atom is 0.315 e. The summed E-state index contributed by atoms with van der Waals surface area (Å²) in [5, 5.41) is 23.1. The molecule has 0 saturated carbocycles. The van der Waals surface area contributed by atoms with Crippen molar-refractivity contribution in [2.24, 2.45) is 5.73 Å². The summed E-state index contributed by atoms with van der Waals surface area (Å²) in [5.74, 6) is -1.72. The lowest BCUT2D eigenvalue weighted by Gasteiger charge is -2.27. The Morgan fingerprint density at radius 1 is 1.16 bits per heavy atom. The molecule has 0 bridgehead atoms. The van der Waals surface area contributed by atoms with Crippen LogP contribution in [0.5, 0.6) is 0 Å². The van der Waals surface area contributed by atoms with Crippen LogP contribution in [0.25, 0.3) is 0 Å². The van der Waals surface area contributed by atoms with Crippen LogP contribution in [-0.2, 0) is 9.59 Å². The lowest BCUT2D eigenvalue weighted by molar-refractivity contribution is -0.141. The van der Waals surface area contributed by atoms with E-state index < -0.39 is 35.5 Å². The van der Waals surface area contributed by atoms with Gasteiger partial charge in [-0.05, 0) is 20.8 Å². The monoisotopic (exact) mass is 275 g/mol. The van der Waals surface area contributed by atoms with Gasteiger partial charge in [-0.2, -0.15) is 0 Å². The maximum atomic E-state index is 11.5. The van der Waals surface area contributed by atoms with Crippen molar-refractivity contribution in [1.82, 2.24) is 10.6 Å². The van der Waals surface area contributed by atoms with Crippen LogP contribution in [0.2, 0.25) is 0 Å². The Bertz CT molecular complexity index is 365. The molecule has 0 spiro atoms. The Kier molecular flexibility index (Phi) is 5.76. The van der Waals surface area contributed by atoms with Gasteiger partial charge >= 0.3 is 12.0 Å². The average Bonchev–Trinajstić information content (AvgIpc) is 2.09. The van der Waals surface area contributed by atoms with Crippen LogP contribution in [0.3, 0.4) is 0 Å². The lowest BCUT2D eigenvalue weighted by Crippen LogP contribution is -2.53. The molecular weight excluding hydrogens is 254 g/mol. The summed E-state index contributed by atoms with van der Waals surface area (Å²) in [6.45, 7) is 4.31. The van der Waals surface area contributed by atoms with Crippen LogP contribution in [0, 0.1) is 0 Å². The van der Waals surface area contributed by atoms with E-state index in [1.165, 1.54) is 6.92 Å². The highest BCUT2D eigenvalue weighted by Gasteiger charge is 2.27. The minimum atomic E-state index is -1.54. The first-order valence-electron chi connectivity index (χ1n) is 5.72. The summed E-state index contributed by atoms with van der Waals surface area (Å²) < 4.78 is 0. The second kappa shape index (κ2) is 6.37. The van der Waals surface area contributed by atoms with Gasteiger partial charge < -0.3 is 26.6 Å². The molecule has 0 fully saturated rings. The van der Waals surface area contributed by atoms with Crippen LogP contribution >= 0.6 is 0 Å². The van der Waals surface area contributed by atoms with Crippen molar-refractivity contribution < 1.29 is 24.6 Å². The number of rotatable bonds is 7. The van der Waals surface area contributed by atoms with Gasteiger partial charge in [-0.1, -0.05) is 0 Å². The van der Waals surface area contributed by atoms with Gasteiger partial charge in [0.1, 0.15) is 0 Å². The molecule has 8 nitrogen and oxygen atoms in total. The first kappa shape index (κ1) is 17.2. The molecule has 0 aliphatic heterocycles. The molecule has 6 N–H and O–H groups in total. The quantitative estimate of drug-likeness (QED) is 0.412. The van der Waals surface area contributed by atoms with Crippen molar-refractivity contribution in [3.05, 3.63) is 0 Å². The van der Waals surface area contributed by atoms with Crippen molar-refractivity contribution in [2.75, 3.05) is 6.54 Å². The minimum Gasteiger partial charge on any atom is -0.481 e. The summed E-state index contributed by atoms with van der Waals surface area (Å²) in [6, 6.07) is -0.614. The number of carboxylic acids is 1. The Hall–Kier alpha value is -1.83. The van der Waals surface area contributed by atoms with E-state index in [-0.39, 0.29) is 13.0 Å². The molecule has 0 rings (SSSR count). The molecule has 3 amide bonds. The second-order valence-electron chi connectivity index (χ2n) is 5.40. The first-order valence-corrected chi connectivity index (χ1v) is 5.72. The highest BCUT2D eigenvalue weighted by Crippen LogP contribution is 2.09. The first-order chi connectivity index (χ1) is 8.43. The number of hydrogen-bond donors (Lipinski definition) is 5. The average molecular weight is 275 g/mol. The van der Waals surface area contributed by atoms with Gasteiger partial charge in [0.25, 0.3) is 0 Å². The van der Waals surface area contributed by atoms with Gasteiger partial charge in [-0.25, -0.2) is 4.79 Å². The number of carboxylic acid groups (broad SMARTS) is 1. The molecule has 0 aromatic rings. The Morgan fingerprint density at radius 2 is 1.68 bits per heavy atom. The van der Waals surface area contributed by atoms with E-state index in [0.717, 1.165) is 0 Å². The Balaban J connectivity index is 4.25. The zero-order valence-corrected chi connectivity index (χ0v) is 11.3. The van der Waals surface area contributed by atoms with Crippen LogP contribution < -0.4 is 16.4 Å². The summed E-state index contributed by atoms with van der Waals surface area (Å²) in [7, 11) is 0. The number of amides is 3. The predicted molar refractivity (Wildman–Crippen MR) is 67.3 cm³/mol. The maximum absolute atomic E-state index is 11.5. The Labute approximate surface area is 111 Å². The van der Waals surface area contributed by atoms with E-state index in [1.54, 1.807) is 13.8 Å². The molecule has 1 atom stereocenters. The highest BCUT2D eigenvalue weighted by atomic mass is 16.4. The number of nitrogens with one attached hydrogen (secondary N) is 2. The third kappa shape index (κ3) is 8.83. The summed E-state index contributed by atoms with van der Waals surface area (Å²) in [5.41, 5.74) is 2.67. The van der Waals surface area contributed by atoms with Gasteiger partial charge in [0, 0.05) is 18.5 Å². The molecule has 0 aliphatic carbocycles. The van der Waals surface area contributed by atoms with Crippen LogP contribution in [0.1, 0.15) is 33.6 Å². The third-order valence-corrected chi connectivity index (χ3v) is 2.23. The van der Waals surface area contributed by atoms with E-state index in [2.05, 4.69) is 10.6 Å². The van der Waals surface area contributed by atoms with Gasteiger partial charge in [-0.15, -0.1) is 0 Å². The number of carbonyl (C=O) groups is 3. The fourth-order valence-electron chi connectivity index (χ4n) is 1.49. The molecule has 0 radical (unpaired) electrons. The number of hydrogen-bond acceptors (Lipinski definition) is 4. The molecular formula is C11H21N3O5. The molecule has 0 aromatic carbocycles. The van der Waals surface area contributed by atoms with E-state index in [1.807, 2.05) is 0 Å². The molecule has 0 saturated heterocycles. The largest absolute Gasteiger partial charge is 0.481 e. The standard InChI is InChI=1S/C11H21N3O5/c1-10(2,4-7(12)15)14-9(18)13-6-11(3,19)5-8(16)17/h19H,4-6H2,1-3H3,(H2,12,15)(H,16,17)(H2,13,14,18). The molecule has 0 heterocycles. The number of carbonyl (C=O) groups excluding carboxylic acids is 2. The second-order valence-corrected chi connectivity index (χ2v) is 5.40. The van der Waals surface area contributed by atoms with Gasteiger partial charge in [0.15, 0.2) is 0 Å². The summed E-state index contributed by atoms with van der Waals surface area (Å²) in [6.07, 6.45) is -0.524. The van der Waals surface area contributed by atoms with Crippen LogP contribution in [-0.4, -0.2) is 45.8 Å². The van der Waals surface area contributed by atoms with Gasteiger partial charge in [-0.3, -0.25) is 9.59 Å². The summed E-state index contributed by atoms with van der Waals surface area (Å²) >= 11 is 0. The van der Waals surface area contributed by atoms with Gasteiger partial charge in [0.2, 0.25) is 5.91 Å². The molecule has 19 heavy (non-hydrogen) atoms. The van der Waals surface area contributed by atoms with E-state index in [0.29, 0.717) is 0 Å². The predicted octanol–water partition coefficient (Wildman–Crippen LogP) is -0.835. The highest BCUT2D eigenvalue weighted by molar-refractivity contribution is 5.78. The van der Waals surface area contributed by atoms with E-state index >= 15 is 0 Å². The van der Waals surface area contributed by atoms with Crippen molar-refractivity contribution in [3.8, 4) is 0 Å². The summed E-state index contributed by atoms with van der Waals surface area (Å²) in [4.78, 5) is 32.8. The number of urea groups is 1. The SMILES string of the molecule is CC(O)(CNC(=O)NC(C)(C)CC(N)=O)CC(=O)O. The van der Waals surface area contributed by atoms with Crippen molar-refractivity contribution in [2.45, 2.75) is 44.8 Å². The topological polar surface area (TPSA) is 142 Å². The van der Waals surface area contributed by atoms with Crippen molar-refractivity contribution in [3.63, 3.8) is 0 Å². The van der Waals surface area contributed by atoms with Crippen LogP contribution in [0.4, 0.5) is 4.79 Å². The number of aliphatic hydroxyl groups is 1. The zero-order chi connectivity index (χ0) is 15.3. The zero-order valence-electron chi connectivity index (χ0n) is 11.3. The fourth-order valence-corrected chi connectivity index (χ4v) is 1.49. The number of aliphatic carboxylic acids is 1. The minimum absolute atomic E-state index is 0.0358. The smallest absolute Gasteiger partial charge is 0.315 e. The molecule has 8 heteroatoms. The number of primary amides is 1. The third-order valence-electron chi connectivity index (χ3n) is 2.23. The van der Waals surface area contributed by atoms with E-state index in [9.17, 15) is 19.5 Å². The Morgan fingerprint density at radius 3 is 2.11 bits per heavy atom. The van der Waals surface area contributed by atoms with Crippen molar-refractivity contribution >= 4 is 17.9 Å². The lowest BCUT2D eigenvalue weighted by atomic mass is 10.0. The molecule has 110 valence electrons. The molecule has 0 aromatic heterocycles. The van der Waals surface area contributed by atoms with Crippen molar-refractivity contribution in [1.29, 1.82) is 0 Å². The van der Waals surface area contributed by atoms with E-state index in [4.69, 9.17) is 10.8 Å².